The van der Waals surface area contributed by atoms with Crippen LogP contribution in [0.4, 0.5) is 0 Å². The quantitative estimate of drug-likeness (QED) is 0.500. The lowest BCUT2D eigenvalue weighted by Crippen LogP contribution is -2.04. The molecule has 0 atom stereocenters. The number of hydrogen-bond donors (Lipinski definition) is 0. The number of furan rings is 1. The van der Waals surface area contributed by atoms with Gasteiger partial charge in [0.05, 0.1) is 12.8 Å². The van der Waals surface area contributed by atoms with E-state index < -0.39 is 0 Å². The SMILES string of the molecule is CC(=O)CCCOc1ccc2ncc(-c3cc4ccccc4o3)n2n1. The van der Waals surface area contributed by atoms with Crippen molar-refractivity contribution in [3.63, 3.8) is 0 Å². The fraction of sp³-hybridized carbons (Fsp3) is 0.211. The van der Waals surface area contributed by atoms with Gasteiger partial charge in [0.2, 0.25) is 5.88 Å². The first kappa shape index (κ1) is 15.4. The first-order valence-electron chi connectivity index (χ1n) is 8.17. The number of benzene rings is 1. The number of nitrogens with zero attached hydrogens (tertiary/aromatic N) is 3. The summed E-state index contributed by atoms with van der Waals surface area (Å²) in [6.07, 6.45) is 2.92. The van der Waals surface area contributed by atoms with Gasteiger partial charge in [-0.2, -0.15) is 0 Å². The Morgan fingerprint density at radius 1 is 1.24 bits per heavy atom. The predicted molar refractivity (Wildman–Crippen MR) is 93.6 cm³/mol. The highest BCUT2D eigenvalue weighted by molar-refractivity contribution is 5.82. The Kier molecular flexibility index (Phi) is 3.93. The van der Waals surface area contributed by atoms with Gasteiger partial charge in [0.1, 0.15) is 17.1 Å². The molecule has 0 aliphatic heterocycles. The number of fused-ring (bicyclic) bond motifs is 2. The highest BCUT2D eigenvalue weighted by Gasteiger charge is 2.13. The van der Waals surface area contributed by atoms with E-state index in [1.54, 1.807) is 23.7 Å². The molecule has 126 valence electrons. The lowest BCUT2D eigenvalue weighted by molar-refractivity contribution is -0.117. The van der Waals surface area contributed by atoms with Crippen molar-refractivity contribution in [3.8, 4) is 17.3 Å². The van der Waals surface area contributed by atoms with Crippen molar-refractivity contribution in [3.05, 3.63) is 48.7 Å². The number of ketones is 1. The minimum Gasteiger partial charge on any atom is -0.477 e. The van der Waals surface area contributed by atoms with Gasteiger partial charge in [-0.15, -0.1) is 5.10 Å². The summed E-state index contributed by atoms with van der Waals surface area (Å²) in [5, 5.41) is 5.52. The predicted octanol–water partition coefficient (Wildman–Crippen LogP) is 3.89. The molecule has 0 spiro atoms. The van der Waals surface area contributed by atoms with Crippen LogP contribution in [0.5, 0.6) is 5.88 Å². The van der Waals surface area contributed by atoms with Crippen molar-refractivity contribution in [1.29, 1.82) is 0 Å². The fourth-order valence-corrected chi connectivity index (χ4v) is 2.71. The number of ether oxygens (including phenoxy) is 1. The van der Waals surface area contributed by atoms with Crippen molar-refractivity contribution < 1.29 is 13.9 Å². The molecule has 4 aromatic rings. The third-order valence-electron chi connectivity index (χ3n) is 3.94. The molecule has 4 rings (SSSR count). The minimum absolute atomic E-state index is 0.161. The highest BCUT2D eigenvalue weighted by atomic mass is 16.5. The first-order chi connectivity index (χ1) is 12.2. The number of Topliss-reactive ketones (excluding diaryl/α,β-unsaturated/α-hetero) is 1. The van der Waals surface area contributed by atoms with Crippen LogP contribution in [-0.4, -0.2) is 27.0 Å². The standard InChI is InChI=1S/C19H17N3O3/c1-13(23)5-4-10-24-19-9-8-18-20-12-15(22(18)21-19)17-11-14-6-2-3-7-16(14)25-17/h2-3,6-9,11-12H,4-5,10H2,1H3. The Hall–Kier alpha value is -3.15. The Morgan fingerprint density at radius 2 is 2.12 bits per heavy atom. The van der Waals surface area contributed by atoms with Crippen LogP contribution >= 0.6 is 0 Å². The zero-order valence-corrected chi connectivity index (χ0v) is 13.8. The molecule has 0 radical (unpaired) electrons. The van der Waals surface area contributed by atoms with Gasteiger partial charge >= 0.3 is 0 Å². The number of rotatable bonds is 6. The molecule has 0 saturated carbocycles. The molecule has 3 heterocycles. The Bertz CT molecular complexity index is 1020. The van der Waals surface area contributed by atoms with E-state index in [4.69, 9.17) is 9.15 Å². The third kappa shape index (κ3) is 3.10. The molecule has 0 aliphatic carbocycles. The van der Waals surface area contributed by atoms with E-state index in [9.17, 15) is 4.79 Å². The molecule has 25 heavy (non-hydrogen) atoms. The summed E-state index contributed by atoms with van der Waals surface area (Å²) in [5.41, 5.74) is 2.30. The molecule has 0 saturated heterocycles. The molecular weight excluding hydrogens is 318 g/mol. The monoisotopic (exact) mass is 335 g/mol. The van der Waals surface area contributed by atoms with Crippen molar-refractivity contribution >= 4 is 22.4 Å². The molecule has 0 N–H and O–H groups in total. The number of para-hydroxylation sites is 1. The lowest BCUT2D eigenvalue weighted by atomic mass is 10.2. The Labute approximate surface area is 144 Å². The van der Waals surface area contributed by atoms with E-state index in [0.717, 1.165) is 16.7 Å². The fourth-order valence-electron chi connectivity index (χ4n) is 2.71. The molecule has 0 bridgehead atoms. The van der Waals surface area contributed by atoms with Crippen LogP contribution in [-0.2, 0) is 4.79 Å². The van der Waals surface area contributed by atoms with E-state index in [0.29, 0.717) is 36.7 Å². The zero-order valence-electron chi connectivity index (χ0n) is 13.8. The number of hydrogen-bond acceptors (Lipinski definition) is 5. The zero-order chi connectivity index (χ0) is 17.2. The van der Waals surface area contributed by atoms with Crippen LogP contribution in [0.2, 0.25) is 0 Å². The van der Waals surface area contributed by atoms with Crippen molar-refractivity contribution in [2.45, 2.75) is 19.8 Å². The summed E-state index contributed by atoms with van der Waals surface area (Å²) in [6.45, 7) is 2.03. The van der Waals surface area contributed by atoms with Crippen LogP contribution in [0.3, 0.4) is 0 Å². The molecule has 6 heteroatoms. The number of carbonyl (C=O) groups is 1. The van der Waals surface area contributed by atoms with Crippen LogP contribution in [0.25, 0.3) is 28.1 Å². The third-order valence-corrected chi connectivity index (χ3v) is 3.94. The maximum atomic E-state index is 11.0. The summed E-state index contributed by atoms with van der Waals surface area (Å²) >= 11 is 0. The van der Waals surface area contributed by atoms with Gasteiger partial charge in [-0.3, -0.25) is 0 Å². The van der Waals surface area contributed by atoms with E-state index in [1.165, 1.54) is 0 Å². The van der Waals surface area contributed by atoms with Gasteiger partial charge in [-0.1, -0.05) is 18.2 Å². The Morgan fingerprint density at radius 3 is 2.96 bits per heavy atom. The van der Waals surface area contributed by atoms with Gasteiger partial charge in [0.15, 0.2) is 11.4 Å². The van der Waals surface area contributed by atoms with E-state index in [2.05, 4.69) is 10.1 Å². The summed E-state index contributed by atoms with van der Waals surface area (Å²) < 4.78 is 13.3. The second-order valence-electron chi connectivity index (χ2n) is 5.89. The average Bonchev–Trinajstić information content (AvgIpc) is 3.21. The second kappa shape index (κ2) is 6.39. The molecule has 3 aromatic heterocycles. The van der Waals surface area contributed by atoms with Gasteiger partial charge < -0.3 is 13.9 Å². The summed E-state index contributed by atoms with van der Waals surface area (Å²) in [5.74, 6) is 1.36. The normalized spacial score (nSPS) is 11.2. The van der Waals surface area contributed by atoms with Crippen molar-refractivity contribution in [1.82, 2.24) is 14.6 Å². The van der Waals surface area contributed by atoms with E-state index >= 15 is 0 Å². The lowest BCUT2D eigenvalue weighted by Gasteiger charge is -2.05. The molecule has 1 aromatic carbocycles. The minimum atomic E-state index is 0.161. The van der Waals surface area contributed by atoms with Crippen LogP contribution in [0.1, 0.15) is 19.8 Å². The smallest absolute Gasteiger partial charge is 0.231 e. The van der Waals surface area contributed by atoms with Crippen molar-refractivity contribution in [2.24, 2.45) is 0 Å². The van der Waals surface area contributed by atoms with Crippen molar-refractivity contribution in [2.75, 3.05) is 6.61 Å². The number of imidazole rings is 1. The van der Waals surface area contributed by atoms with Gasteiger partial charge in [0, 0.05) is 17.9 Å². The largest absolute Gasteiger partial charge is 0.477 e. The van der Waals surface area contributed by atoms with Gasteiger partial charge in [0.25, 0.3) is 0 Å². The summed E-state index contributed by atoms with van der Waals surface area (Å²) in [7, 11) is 0. The molecule has 6 nitrogen and oxygen atoms in total. The van der Waals surface area contributed by atoms with Crippen LogP contribution in [0, 0.1) is 0 Å². The summed E-state index contributed by atoms with van der Waals surface area (Å²) in [6, 6.07) is 13.4. The molecular formula is C19H17N3O3. The molecule has 0 fully saturated rings. The highest BCUT2D eigenvalue weighted by Crippen LogP contribution is 2.28. The molecule has 0 unspecified atom stereocenters. The van der Waals surface area contributed by atoms with Crippen LogP contribution in [0.15, 0.2) is 53.1 Å². The topological polar surface area (TPSA) is 69.6 Å². The molecule has 0 aliphatic rings. The van der Waals surface area contributed by atoms with Gasteiger partial charge in [-0.05, 0) is 31.5 Å². The maximum absolute atomic E-state index is 11.0. The maximum Gasteiger partial charge on any atom is 0.231 e. The summed E-state index contributed by atoms with van der Waals surface area (Å²) in [4.78, 5) is 15.3. The number of aromatic nitrogens is 3. The number of carbonyl (C=O) groups excluding carboxylic acids is 1. The average molecular weight is 335 g/mol. The molecule has 0 amide bonds. The second-order valence-corrected chi connectivity index (χ2v) is 5.89. The first-order valence-corrected chi connectivity index (χ1v) is 8.17. The van der Waals surface area contributed by atoms with Crippen LogP contribution < -0.4 is 4.74 Å². The Balaban J connectivity index is 1.63. The van der Waals surface area contributed by atoms with E-state index in [1.807, 2.05) is 36.4 Å². The van der Waals surface area contributed by atoms with E-state index in [-0.39, 0.29) is 5.78 Å². The van der Waals surface area contributed by atoms with Gasteiger partial charge in [-0.25, -0.2) is 9.50 Å².